The Hall–Kier alpha value is -2.87. The van der Waals surface area contributed by atoms with E-state index < -0.39 is 0 Å². The average Bonchev–Trinajstić information content (AvgIpc) is 3.39. The molecule has 1 saturated carbocycles. The van der Waals surface area contributed by atoms with E-state index in [1.807, 2.05) is 36.4 Å². The summed E-state index contributed by atoms with van der Waals surface area (Å²) in [6, 6.07) is 13.5. The summed E-state index contributed by atoms with van der Waals surface area (Å²) in [4.78, 5) is 16.9. The lowest BCUT2D eigenvalue weighted by molar-refractivity contribution is -0.117. The summed E-state index contributed by atoms with van der Waals surface area (Å²) in [7, 11) is 3.17. The Labute approximate surface area is 170 Å². The number of amides is 1. The molecular formula is C20H19BrN4O3. The summed E-state index contributed by atoms with van der Waals surface area (Å²) < 4.78 is 11.6. The lowest BCUT2D eigenvalue weighted by atomic mass is 10.1. The maximum atomic E-state index is 12.5. The van der Waals surface area contributed by atoms with Gasteiger partial charge in [0.1, 0.15) is 11.5 Å². The van der Waals surface area contributed by atoms with Crippen LogP contribution in [-0.4, -0.2) is 35.3 Å². The zero-order valence-electron chi connectivity index (χ0n) is 15.4. The van der Waals surface area contributed by atoms with Crippen molar-refractivity contribution in [1.82, 2.24) is 15.2 Å². The molecule has 1 aliphatic carbocycles. The molecule has 2 aromatic carbocycles. The van der Waals surface area contributed by atoms with E-state index in [2.05, 4.69) is 36.4 Å². The highest BCUT2D eigenvalue weighted by atomic mass is 79.9. The SMILES string of the molecule is COc1ccc(-c2nc(NC(=O)C3CC3c3ccc(Br)cc3)n[nH]2)c(OC)c1. The molecule has 7 nitrogen and oxygen atoms in total. The molecule has 1 heterocycles. The molecule has 0 bridgehead atoms. The minimum atomic E-state index is -0.0693. The fraction of sp³-hybridized carbons (Fsp3) is 0.250. The number of hydrogen-bond donors (Lipinski definition) is 2. The fourth-order valence-electron chi connectivity index (χ4n) is 3.20. The van der Waals surface area contributed by atoms with E-state index in [9.17, 15) is 4.79 Å². The van der Waals surface area contributed by atoms with Crippen LogP contribution in [0.2, 0.25) is 0 Å². The predicted molar refractivity (Wildman–Crippen MR) is 109 cm³/mol. The minimum Gasteiger partial charge on any atom is -0.497 e. The minimum absolute atomic E-state index is 0.0568. The monoisotopic (exact) mass is 442 g/mol. The first-order valence-electron chi connectivity index (χ1n) is 8.80. The number of aromatic nitrogens is 3. The van der Waals surface area contributed by atoms with Crippen LogP contribution in [0.15, 0.2) is 46.9 Å². The first-order chi connectivity index (χ1) is 13.6. The largest absolute Gasteiger partial charge is 0.497 e. The maximum Gasteiger partial charge on any atom is 0.249 e. The van der Waals surface area contributed by atoms with Gasteiger partial charge in [-0.3, -0.25) is 15.2 Å². The Bertz CT molecular complexity index is 1000. The second-order valence-electron chi connectivity index (χ2n) is 6.56. The standard InChI is InChI=1S/C20H19BrN4O3/c1-27-13-7-8-14(17(9-13)28-2)18-22-20(25-24-18)23-19(26)16-10-15(16)11-3-5-12(21)6-4-11/h3-9,15-16H,10H2,1-2H3,(H2,22,23,24,25,26). The summed E-state index contributed by atoms with van der Waals surface area (Å²) in [5.74, 6) is 2.16. The first-order valence-corrected chi connectivity index (χ1v) is 9.59. The van der Waals surface area contributed by atoms with Gasteiger partial charge in [-0.2, -0.15) is 4.98 Å². The van der Waals surface area contributed by atoms with Gasteiger partial charge in [0.2, 0.25) is 11.9 Å². The first kappa shape index (κ1) is 18.5. The second-order valence-corrected chi connectivity index (χ2v) is 7.48. The van der Waals surface area contributed by atoms with Gasteiger partial charge in [0, 0.05) is 16.5 Å². The number of rotatable bonds is 6. The number of halogens is 1. The van der Waals surface area contributed by atoms with Crippen molar-refractivity contribution in [3.63, 3.8) is 0 Å². The highest BCUT2D eigenvalue weighted by Crippen LogP contribution is 2.48. The third-order valence-electron chi connectivity index (χ3n) is 4.81. The van der Waals surface area contributed by atoms with Crippen molar-refractivity contribution >= 4 is 27.8 Å². The Kier molecular flexibility index (Phi) is 5.04. The van der Waals surface area contributed by atoms with E-state index in [1.165, 1.54) is 5.56 Å². The molecule has 2 N–H and O–H groups in total. The molecule has 28 heavy (non-hydrogen) atoms. The number of nitrogens with one attached hydrogen (secondary N) is 2. The molecule has 144 valence electrons. The third-order valence-corrected chi connectivity index (χ3v) is 5.34. The quantitative estimate of drug-likeness (QED) is 0.602. The van der Waals surface area contributed by atoms with Crippen molar-refractivity contribution in [1.29, 1.82) is 0 Å². The van der Waals surface area contributed by atoms with Gasteiger partial charge in [-0.05, 0) is 42.2 Å². The van der Waals surface area contributed by atoms with Crippen molar-refractivity contribution in [2.75, 3.05) is 19.5 Å². The number of anilines is 1. The smallest absolute Gasteiger partial charge is 0.249 e. The topological polar surface area (TPSA) is 89.1 Å². The summed E-state index contributed by atoms with van der Waals surface area (Å²) in [5.41, 5.74) is 1.90. The number of H-pyrrole nitrogens is 1. The molecule has 0 spiro atoms. The number of nitrogens with zero attached hydrogens (tertiary/aromatic N) is 2. The van der Waals surface area contributed by atoms with Gasteiger partial charge in [0.15, 0.2) is 5.82 Å². The maximum absolute atomic E-state index is 12.5. The Balaban J connectivity index is 1.44. The zero-order valence-corrected chi connectivity index (χ0v) is 17.0. The molecule has 3 aromatic rings. The summed E-state index contributed by atoms with van der Waals surface area (Å²) in [6.45, 7) is 0. The molecule has 8 heteroatoms. The van der Waals surface area contributed by atoms with Crippen LogP contribution >= 0.6 is 15.9 Å². The molecular weight excluding hydrogens is 424 g/mol. The number of ether oxygens (including phenoxy) is 2. The third kappa shape index (κ3) is 3.73. The summed E-state index contributed by atoms with van der Waals surface area (Å²) in [5, 5.41) is 9.75. The van der Waals surface area contributed by atoms with E-state index in [0.29, 0.717) is 17.3 Å². The van der Waals surface area contributed by atoms with Gasteiger partial charge in [0.05, 0.1) is 19.8 Å². The van der Waals surface area contributed by atoms with Crippen LogP contribution in [-0.2, 0) is 4.79 Å². The highest BCUT2D eigenvalue weighted by molar-refractivity contribution is 9.10. The van der Waals surface area contributed by atoms with Crippen molar-refractivity contribution < 1.29 is 14.3 Å². The normalized spacial score (nSPS) is 17.8. The molecule has 1 fully saturated rings. The van der Waals surface area contributed by atoms with Crippen molar-refractivity contribution in [3.05, 3.63) is 52.5 Å². The molecule has 2 atom stereocenters. The second kappa shape index (κ2) is 7.63. The zero-order chi connectivity index (χ0) is 19.7. The fourth-order valence-corrected chi connectivity index (χ4v) is 3.46. The van der Waals surface area contributed by atoms with Crippen molar-refractivity contribution in [3.8, 4) is 22.9 Å². The summed E-state index contributed by atoms with van der Waals surface area (Å²) >= 11 is 3.43. The molecule has 2 unspecified atom stereocenters. The van der Waals surface area contributed by atoms with Crippen molar-refractivity contribution in [2.24, 2.45) is 5.92 Å². The number of carbonyl (C=O) groups excluding carboxylic acids is 1. The molecule has 4 rings (SSSR count). The molecule has 0 saturated heterocycles. The lowest BCUT2D eigenvalue weighted by Gasteiger charge is -2.07. The summed E-state index contributed by atoms with van der Waals surface area (Å²) in [6.07, 6.45) is 0.830. The lowest BCUT2D eigenvalue weighted by Crippen LogP contribution is -2.15. The van der Waals surface area contributed by atoms with Crippen LogP contribution in [0.5, 0.6) is 11.5 Å². The number of benzene rings is 2. The Morgan fingerprint density at radius 2 is 1.96 bits per heavy atom. The van der Waals surface area contributed by atoms with Gasteiger partial charge in [-0.15, -0.1) is 5.10 Å². The van der Waals surface area contributed by atoms with Gasteiger partial charge in [-0.25, -0.2) is 0 Å². The van der Waals surface area contributed by atoms with Crippen LogP contribution < -0.4 is 14.8 Å². The van der Waals surface area contributed by atoms with Gasteiger partial charge in [0.25, 0.3) is 0 Å². The molecule has 1 aliphatic rings. The predicted octanol–water partition coefficient (Wildman–Crippen LogP) is 3.99. The number of aromatic amines is 1. The van der Waals surface area contributed by atoms with Gasteiger partial charge >= 0.3 is 0 Å². The van der Waals surface area contributed by atoms with Crippen LogP contribution in [0.1, 0.15) is 17.9 Å². The molecule has 1 aromatic heterocycles. The molecule has 0 radical (unpaired) electrons. The van der Waals surface area contributed by atoms with E-state index in [4.69, 9.17) is 9.47 Å². The Morgan fingerprint density at radius 3 is 2.68 bits per heavy atom. The van der Waals surface area contributed by atoms with Crippen LogP contribution in [0, 0.1) is 5.92 Å². The van der Waals surface area contributed by atoms with E-state index in [0.717, 1.165) is 16.5 Å². The van der Waals surface area contributed by atoms with Crippen LogP contribution in [0.25, 0.3) is 11.4 Å². The van der Waals surface area contributed by atoms with E-state index in [-0.39, 0.29) is 23.7 Å². The Morgan fingerprint density at radius 1 is 1.18 bits per heavy atom. The number of hydrogen-bond acceptors (Lipinski definition) is 5. The van der Waals surface area contributed by atoms with Crippen molar-refractivity contribution in [2.45, 2.75) is 12.3 Å². The van der Waals surface area contributed by atoms with E-state index in [1.54, 1.807) is 20.3 Å². The number of carbonyl (C=O) groups is 1. The molecule has 0 aliphatic heterocycles. The van der Waals surface area contributed by atoms with E-state index >= 15 is 0 Å². The average molecular weight is 443 g/mol. The van der Waals surface area contributed by atoms with Gasteiger partial charge in [-0.1, -0.05) is 28.1 Å². The highest BCUT2D eigenvalue weighted by Gasteiger charge is 2.44. The molecule has 1 amide bonds. The van der Waals surface area contributed by atoms with Crippen LogP contribution in [0.3, 0.4) is 0 Å². The number of methoxy groups -OCH3 is 2. The van der Waals surface area contributed by atoms with Gasteiger partial charge < -0.3 is 9.47 Å². The van der Waals surface area contributed by atoms with Crippen LogP contribution in [0.4, 0.5) is 5.95 Å².